The van der Waals surface area contributed by atoms with Crippen LogP contribution in [-0.2, 0) is 9.53 Å². The van der Waals surface area contributed by atoms with Gasteiger partial charge in [0.15, 0.2) is 0 Å². The van der Waals surface area contributed by atoms with Crippen LogP contribution in [0, 0.1) is 0 Å². The monoisotopic (exact) mass is 275 g/mol. The SMILES string of the molecule is CCCCOC(=O)[C@@](C)(N)CSCCN=C(C)N. The number of hydrogen-bond donors (Lipinski definition) is 2. The second-order valence-corrected chi connectivity index (χ2v) is 5.59. The van der Waals surface area contributed by atoms with Crippen molar-refractivity contribution < 1.29 is 9.53 Å². The molecule has 106 valence electrons. The van der Waals surface area contributed by atoms with Crippen LogP contribution in [0.25, 0.3) is 0 Å². The highest BCUT2D eigenvalue weighted by Gasteiger charge is 2.29. The first-order valence-corrected chi connectivity index (χ1v) is 7.36. The van der Waals surface area contributed by atoms with Gasteiger partial charge in [-0.05, 0) is 20.3 Å². The number of carbonyl (C=O) groups is 1. The van der Waals surface area contributed by atoms with Crippen LogP contribution in [0.3, 0.4) is 0 Å². The summed E-state index contributed by atoms with van der Waals surface area (Å²) in [5.41, 5.74) is 10.4. The minimum absolute atomic E-state index is 0.332. The second kappa shape index (κ2) is 9.22. The number of hydrogen-bond acceptors (Lipinski definition) is 5. The molecule has 0 radical (unpaired) electrons. The van der Waals surface area contributed by atoms with Crippen molar-refractivity contribution in [1.82, 2.24) is 0 Å². The van der Waals surface area contributed by atoms with E-state index < -0.39 is 5.54 Å². The summed E-state index contributed by atoms with van der Waals surface area (Å²) in [5.74, 6) is 1.56. The number of thioether (sulfide) groups is 1. The highest BCUT2D eigenvalue weighted by atomic mass is 32.2. The van der Waals surface area contributed by atoms with Gasteiger partial charge in [0.05, 0.1) is 12.4 Å². The smallest absolute Gasteiger partial charge is 0.326 e. The molecule has 0 fully saturated rings. The van der Waals surface area contributed by atoms with Crippen molar-refractivity contribution in [2.24, 2.45) is 16.5 Å². The summed E-state index contributed by atoms with van der Waals surface area (Å²) in [6.45, 7) is 6.59. The summed E-state index contributed by atoms with van der Waals surface area (Å²) >= 11 is 1.58. The maximum absolute atomic E-state index is 11.7. The zero-order valence-corrected chi connectivity index (χ0v) is 12.4. The molecule has 6 heteroatoms. The average Bonchev–Trinajstić information content (AvgIpc) is 2.28. The molecule has 18 heavy (non-hydrogen) atoms. The molecule has 0 saturated heterocycles. The number of ether oxygens (including phenoxy) is 1. The van der Waals surface area contributed by atoms with Crippen molar-refractivity contribution in [3.8, 4) is 0 Å². The van der Waals surface area contributed by atoms with Crippen LogP contribution in [-0.4, -0.2) is 42.0 Å². The molecule has 0 aliphatic carbocycles. The van der Waals surface area contributed by atoms with Crippen LogP contribution in [0.15, 0.2) is 4.99 Å². The van der Waals surface area contributed by atoms with Gasteiger partial charge in [-0.25, -0.2) is 0 Å². The van der Waals surface area contributed by atoms with Crippen LogP contribution in [0.5, 0.6) is 0 Å². The Morgan fingerprint density at radius 1 is 1.50 bits per heavy atom. The molecule has 0 rings (SSSR count). The Kier molecular flexibility index (Phi) is 8.83. The van der Waals surface area contributed by atoms with Crippen molar-refractivity contribution in [2.75, 3.05) is 24.7 Å². The van der Waals surface area contributed by atoms with Crippen molar-refractivity contribution in [1.29, 1.82) is 0 Å². The standard InChI is InChI=1S/C12H25N3O2S/c1-4-5-7-17-11(16)12(3,14)9-18-8-6-15-10(2)13/h4-9,14H2,1-3H3,(H2,13,15)/t12-/m0/s1. The van der Waals surface area contributed by atoms with Gasteiger partial charge >= 0.3 is 5.97 Å². The van der Waals surface area contributed by atoms with E-state index in [0.29, 0.717) is 24.7 Å². The highest BCUT2D eigenvalue weighted by molar-refractivity contribution is 7.99. The van der Waals surface area contributed by atoms with Crippen molar-refractivity contribution in [3.05, 3.63) is 0 Å². The summed E-state index contributed by atoms with van der Waals surface area (Å²) < 4.78 is 5.12. The molecule has 0 saturated carbocycles. The second-order valence-electron chi connectivity index (χ2n) is 4.48. The third kappa shape index (κ3) is 8.36. The quantitative estimate of drug-likeness (QED) is 0.285. The van der Waals surface area contributed by atoms with Gasteiger partial charge in [0, 0.05) is 18.1 Å². The average molecular weight is 275 g/mol. The third-order valence-corrected chi connectivity index (χ3v) is 3.47. The maximum Gasteiger partial charge on any atom is 0.326 e. The molecule has 0 heterocycles. The lowest BCUT2D eigenvalue weighted by atomic mass is 10.1. The number of rotatable bonds is 9. The minimum atomic E-state index is -0.931. The predicted octanol–water partition coefficient (Wildman–Crippen LogP) is 1.16. The molecular weight excluding hydrogens is 250 g/mol. The van der Waals surface area contributed by atoms with Gasteiger partial charge in [-0.15, -0.1) is 0 Å². The van der Waals surface area contributed by atoms with Gasteiger partial charge in [-0.2, -0.15) is 11.8 Å². The number of nitrogens with two attached hydrogens (primary N) is 2. The van der Waals surface area contributed by atoms with Gasteiger partial charge in [0.1, 0.15) is 5.54 Å². The van der Waals surface area contributed by atoms with E-state index in [4.69, 9.17) is 16.2 Å². The molecule has 4 N–H and O–H groups in total. The number of esters is 1. The zero-order chi connectivity index (χ0) is 14.0. The Balaban J connectivity index is 3.84. The molecule has 0 aliphatic rings. The van der Waals surface area contributed by atoms with Crippen molar-refractivity contribution in [2.45, 2.75) is 39.2 Å². The fourth-order valence-electron chi connectivity index (χ4n) is 1.10. The molecule has 0 aromatic heterocycles. The Labute approximate surface area is 114 Å². The molecule has 0 amide bonds. The lowest BCUT2D eigenvalue weighted by molar-refractivity contribution is -0.148. The summed E-state index contributed by atoms with van der Waals surface area (Å²) in [4.78, 5) is 15.8. The largest absolute Gasteiger partial charge is 0.464 e. The molecule has 5 nitrogen and oxygen atoms in total. The van der Waals surface area contributed by atoms with Crippen LogP contribution in [0.1, 0.15) is 33.6 Å². The molecule has 0 spiro atoms. The normalized spacial score (nSPS) is 15.2. The fraction of sp³-hybridized carbons (Fsp3) is 0.833. The molecule has 0 aliphatic heterocycles. The van der Waals surface area contributed by atoms with Gasteiger partial charge in [-0.3, -0.25) is 9.79 Å². The molecule has 0 aromatic rings. The topological polar surface area (TPSA) is 90.7 Å². The van der Waals surface area contributed by atoms with E-state index >= 15 is 0 Å². The van der Waals surface area contributed by atoms with E-state index in [0.717, 1.165) is 18.6 Å². The molecular formula is C12H25N3O2S. The van der Waals surface area contributed by atoms with Crippen molar-refractivity contribution in [3.63, 3.8) is 0 Å². The summed E-state index contributed by atoms with van der Waals surface area (Å²) in [5, 5.41) is 0. The first-order valence-electron chi connectivity index (χ1n) is 6.20. The van der Waals surface area contributed by atoms with Crippen LogP contribution in [0.4, 0.5) is 0 Å². The first-order chi connectivity index (χ1) is 8.40. The summed E-state index contributed by atoms with van der Waals surface area (Å²) in [6.07, 6.45) is 1.87. The Bertz CT molecular complexity index is 276. The Morgan fingerprint density at radius 2 is 2.17 bits per heavy atom. The van der Waals surface area contributed by atoms with Crippen LogP contribution >= 0.6 is 11.8 Å². The minimum Gasteiger partial charge on any atom is -0.464 e. The number of carbonyl (C=O) groups excluding carboxylic acids is 1. The zero-order valence-electron chi connectivity index (χ0n) is 11.6. The van der Waals surface area contributed by atoms with E-state index in [-0.39, 0.29) is 5.97 Å². The summed E-state index contributed by atoms with van der Waals surface area (Å²) in [6, 6.07) is 0. The molecule has 0 unspecified atom stereocenters. The number of aliphatic imine (C=N–C) groups is 1. The van der Waals surface area contributed by atoms with E-state index in [2.05, 4.69) is 4.99 Å². The fourth-order valence-corrected chi connectivity index (χ4v) is 2.01. The van der Waals surface area contributed by atoms with Gasteiger partial charge in [0.25, 0.3) is 0 Å². The summed E-state index contributed by atoms with van der Waals surface area (Å²) in [7, 11) is 0. The molecule has 0 aromatic carbocycles. The van der Waals surface area contributed by atoms with Crippen molar-refractivity contribution >= 4 is 23.6 Å². The van der Waals surface area contributed by atoms with E-state index in [1.165, 1.54) is 0 Å². The first kappa shape index (κ1) is 17.2. The van der Waals surface area contributed by atoms with Gasteiger partial charge < -0.3 is 16.2 Å². The number of nitrogens with zero attached hydrogens (tertiary/aromatic N) is 1. The van der Waals surface area contributed by atoms with E-state index in [1.807, 2.05) is 6.92 Å². The van der Waals surface area contributed by atoms with E-state index in [9.17, 15) is 4.79 Å². The lowest BCUT2D eigenvalue weighted by Gasteiger charge is -2.21. The van der Waals surface area contributed by atoms with E-state index in [1.54, 1.807) is 25.6 Å². The Morgan fingerprint density at radius 3 is 2.72 bits per heavy atom. The van der Waals surface area contributed by atoms with Gasteiger partial charge in [0.2, 0.25) is 0 Å². The Hall–Kier alpha value is -0.750. The molecule has 0 bridgehead atoms. The van der Waals surface area contributed by atoms with Crippen LogP contribution in [0.2, 0.25) is 0 Å². The maximum atomic E-state index is 11.7. The van der Waals surface area contributed by atoms with Crippen LogP contribution < -0.4 is 11.5 Å². The third-order valence-electron chi connectivity index (χ3n) is 2.20. The molecule has 1 atom stereocenters. The number of unbranched alkanes of at least 4 members (excludes halogenated alkanes) is 1. The predicted molar refractivity (Wildman–Crippen MR) is 77.9 cm³/mol. The highest BCUT2D eigenvalue weighted by Crippen LogP contribution is 2.12. The number of amidine groups is 1. The van der Waals surface area contributed by atoms with Gasteiger partial charge in [-0.1, -0.05) is 13.3 Å². The lowest BCUT2D eigenvalue weighted by Crippen LogP contribution is -2.48.